The van der Waals surface area contributed by atoms with Crippen molar-refractivity contribution in [3.63, 3.8) is 0 Å². The highest BCUT2D eigenvalue weighted by molar-refractivity contribution is 7.17. The van der Waals surface area contributed by atoms with Gasteiger partial charge in [-0.15, -0.1) is 0 Å². The van der Waals surface area contributed by atoms with Gasteiger partial charge in [-0.2, -0.15) is 0 Å². The van der Waals surface area contributed by atoms with Crippen LogP contribution in [0.15, 0.2) is 36.4 Å². The summed E-state index contributed by atoms with van der Waals surface area (Å²) in [7, 11) is 1.57. The topological polar surface area (TPSA) is 81.5 Å². The Bertz CT molecular complexity index is 639. The fourth-order valence-corrected chi connectivity index (χ4v) is 2.34. The summed E-state index contributed by atoms with van der Waals surface area (Å²) >= 11 is 0.856. The lowest BCUT2D eigenvalue weighted by molar-refractivity contribution is -0.380. The predicted molar refractivity (Wildman–Crippen MR) is 75.1 cm³/mol. The van der Waals surface area contributed by atoms with Crippen molar-refractivity contribution in [3.8, 4) is 5.75 Å². The van der Waals surface area contributed by atoms with Gasteiger partial charge in [-0.25, -0.2) is 0 Å². The summed E-state index contributed by atoms with van der Waals surface area (Å²) in [4.78, 5) is 22.2. The summed E-state index contributed by atoms with van der Waals surface area (Å²) in [6, 6.07) is 10.1. The monoisotopic (exact) mass is 292 g/mol. The summed E-state index contributed by atoms with van der Waals surface area (Å²) in [6.07, 6.45) is 0. The van der Waals surface area contributed by atoms with E-state index in [1.54, 1.807) is 7.11 Å². The first-order valence-corrected chi connectivity index (χ1v) is 6.57. The van der Waals surface area contributed by atoms with Gasteiger partial charge in [0.25, 0.3) is 5.91 Å². The largest absolute Gasteiger partial charge is 0.497 e. The van der Waals surface area contributed by atoms with E-state index in [9.17, 15) is 14.9 Å². The average Bonchev–Trinajstić information content (AvgIpc) is 2.95. The third-order valence-corrected chi connectivity index (χ3v) is 3.62. The Hall–Kier alpha value is -2.41. The van der Waals surface area contributed by atoms with Crippen LogP contribution in [0.3, 0.4) is 0 Å². The molecule has 1 heterocycles. The molecular formula is C13H12N2O4S. The number of ether oxygens (including phenoxy) is 1. The molecule has 6 nitrogen and oxygen atoms in total. The van der Waals surface area contributed by atoms with Crippen molar-refractivity contribution >= 4 is 22.2 Å². The predicted octanol–water partition coefficient (Wildman–Crippen LogP) is 2.59. The molecule has 0 aliphatic rings. The van der Waals surface area contributed by atoms with Gasteiger partial charge in [0, 0.05) is 12.6 Å². The maximum atomic E-state index is 11.9. The van der Waals surface area contributed by atoms with Crippen LogP contribution in [0.2, 0.25) is 0 Å². The third kappa shape index (κ3) is 3.33. The number of hydrogen-bond donors (Lipinski definition) is 1. The Balaban J connectivity index is 1.98. The van der Waals surface area contributed by atoms with Gasteiger partial charge in [0.05, 0.1) is 16.9 Å². The molecule has 7 heteroatoms. The van der Waals surface area contributed by atoms with Crippen molar-refractivity contribution in [2.45, 2.75) is 6.54 Å². The normalized spacial score (nSPS) is 10.1. The van der Waals surface area contributed by atoms with Gasteiger partial charge in [0.1, 0.15) is 5.75 Å². The summed E-state index contributed by atoms with van der Waals surface area (Å²) < 4.78 is 5.09. The van der Waals surface area contributed by atoms with Crippen LogP contribution in [0.1, 0.15) is 15.2 Å². The van der Waals surface area contributed by atoms with Gasteiger partial charge >= 0.3 is 5.00 Å². The molecular weight excluding hydrogens is 280 g/mol. The van der Waals surface area contributed by atoms with E-state index in [2.05, 4.69) is 5.32 Å². The number of hydrogen-bond acceptors (Lipinski definition) is 5. The Morgan fingerprint density at radius 2 is 2.20 bits per heavy atom. The smallest absolute Gasteiger partial charge is 0.324 e. The zero-order valence-electron chi connectivity index (χ0n) is 10.7. The standard InChI is InChI=1S/C13H12N2O4S/c1-19-10-4-2-3-9(7-10)8-14-13(16)11-5-6-12(20-11)15(17)18/h2-7H,8H2,1H3,(H,14,16). The molecule has 1 amide bonds. The number of amides is 1. The second-order valence-electron chi connectivity index (χ2n) is 3.93. The summed E-state index contributed by atoms with van der Waals surface area (Å²) in [5.41, 5.74) is 0.892. The molecule has 2 rings (SSSR count). The fourth-order valence-electron chi connectivity index (χ4n) is 1.60. The van der Waals surface area contributed by atoms with E-state index >= 15 is 0 Å². The third-order valence-electron chi connectivity index (χ3n) is 2.58. The number of carbonyl (C=O) groups excluding carboxylic acids is 1. The minimum absolute atomic E-state index is 0.0449. The molecule has 0 saturated carbocycles. The van der Waals surface area contributed by atoms with Gasteiger partial charge in [0.2, 0.25) is 0 Å². The van der Waals surface area contributed by atoms with E-state index in [-0.39, 0.29) is 10.9 Å². The molecule has 20 heavy (non-hydrogen) atoms. The van der Waals surface area contributed by atoms with Crippen LogP contribution in [0.25, 0.3) is 0 Å². The highest BCUT2D eigenvalue weighted by Gasteiger charge is 2.14. The number of benzene rings is 1. The molecule has 0 aliphatic heterocycles. The first kappa shape index (κ1) is 14.0. The molecule has 1 aromatic carbocycles. The van der Waals surface area contributed by atoms with Crippen LogP contribution < -0.4 is 10.1 Å². The van der Waals surface area contributed by atoms with Crippen molar-refractivity contribution in [1.29, 1.82) is 0 Å². The zero-order chi connectivity index (χ0) is 14.5. The maximum Gasteiger partial charge on any atom is 0.324 e. The molecule has 0 fully saturated rings. The minimum atomic E-state index is -0.510. The maximum absolute atomic E-state index is 11.9. The Morgan fingerprint density at radius 1 is 1.40 bits per heavy atom. The molecule has 0 unspecified atom stereocenters. The van der Waals surface area contributed by atoms with E-state index in [0.717, 1.165) is 16.9 Å². The quantitative estimate of drug-likeness (QED) is 0.678. The van der Waals surface area contributed by atoms with Gasteiger partial charge in [0.15, 0.2) is 0 Å². The summed E-state index contributed by atoms with van der Waals surface area (Å²) in [5.74, 6) is 0.384. The molecule has 0 spiro atoms. The molecule has 0 aliphatic carbocycles. The Morgan fingerprint density at radius 3 is 2.85 bits per heavy atom. The SMILES string of the molecule is COc1cccc(CNC(=O)c2ccc([N+](=O)[O-])s2)c1. The lowest BCUT2D eigenvalue weighted by Gasteiger charge is -2.05. The lowest BCUT2D eigenvalue weighted by Crippen LogP contribution is -2.21. The number of nitrogens with zero attached hydrogens (tertiary/aromatic N) is 1. The lowest BCUT2D eigenvalue weighted by atomic mass is 10.2. The van der Waals surface area contributed by atoms with Gasteiger partial charge < -0.3 is 10.1 Å². The molecule has 0 radical (unpaired) electrons. The highest BCUT2D eigenvalue weighted by atomic mass is 32.1. The molecule has 0 atom stereocenters. The fraction of sp³-hybridized carbons (Fsp3) is 0.154. The van der Waals surface area contributed by atoms with E-state index in [0.29, 0.717) is 17.2 Å². The first-order valence-electron chi connectivity index (χ1n) is 5.75. The Labute approximate surface area is 119 Å². The first-order chi connectivity index (χ1) is 9.60. The molecule has 1 aromatic heterocycles. The number of nitro groups is 1. The molecule has 1 N–H and O–H groups in total. The highest BCUT2D eigenvalue weighted by Crippen LogP contribution is 2.23. The minimum Gasteiger partial charge on any atom is -0.497 e. The summed E-state index contributed by atoms with van der Waals surface area (Å²) in [5, 5.41) is 13.2. The van der Waals surface area contributed by atoms with Crippen LogP contribution in [-0.2, 0) is 6.54 Å². The van der Waals surface area contributed by atoms with Crippen molar-refractivity contribution in [2.24, 2.45) is 0 Å². The average molecular weight is 292 g/mol. The van der Waals surface area contributed by atoms with Gasteiger partial charge in [-0.1, -0.05) is 23.5 Å². The van der Waals surface area contributed by atoms with Crippen LogP contribution >= 0.6 is 11.3 Å². The molecule has 0 saturated heterocycles. The number of rotatable bonds is 5. The molecule has 104 valence electrons. The summed E-state index contributed by atoms with van der Waals surface area (Å²) in [6.45, 7) is 0.335. The van der Waals surface area contributed by atoms with Gasteiger partial charge in [-0.05, 0) is 23.8 Å². The number of nitrogens with one attached hydrogen (secondary N) is 1. The number of methoxy groups -OCH3 is 1. The van der Waals surface area contributed by atoms with Crippen molar-refractivity contribution < 1.29 is 14.5 Å². The van der Waals surface area contributed by atoms with E-state index in [1.807, 2.05) is 24.3 Å². The van der Waals surface area contributed by atoms with Crippen molar-refractivity contribution in [3.05, 3.63) is 57.0 Å². The van der Waals surface area contributed by atoms with Crippen LogP contribution in [-0.4, -0.2) is 17.9 Å². The molecule has 0 bridgehead atoms. The van der Waals surface area contributed by atoms with E-state index in [4.69, 9.17) is 4.74 Å². The molecule has 2 aromatic rings. The van der Waals surface area contributed by atoms with Crippen LogP contribution in [0, 0.1) is 10.1 Å². The number of thiophene rings is 1. The number of carbonyl (C=O) groups is 1. The van der Waals surface area contributed by atoms with Crippen molar-refractivity contribution in [2.75, 3.05) is 7.11 Å². The van der Waals surface area contributed by atoms with Crippen molar-refractivity contribution in [1.82, 2.24) is 5.32 Å². The van der Waals surface area contributed by atoms with E-state index in [1.165, 1.54) is 12.1 Å². The van der Waals surface area contributed by atoms with Crippen LogP contribution in [0.4, 0.5) is 5.00 Å². The Kier molecular flexibility index (Phi) is 4.31. The zero-order valence-corrected chi connectivity index (χ0v) is 11.5. The second kappa shape index (κ2) is 6.16. The van der Waals surface area contributed by atoms with Crippen LogP contribution in [0.5, 0.6) is 5.75 Å². The van der Waals surface area contributed by atoms with Gasteiger partial charge in [-0.3, -0.25) is 14.9 Å². The van der Waals surface area contributed by atoms with E-state index < -0.39 is 4.92 Å². The second-order valence-corrected chi connectivity index (χ2v) is 4.99.